The molecular formula is C26H19Cl2N3O2S2. The van der Waals surface area contributed by atoms with Gasteiger partial charge in [0.25, 0.3) is 11.5 Å². The Morgan fingerprint density at radius 2 is 1.91 bits per heavy atom. The maximum Gasteiger partial charge on any atom is 0.271 e. The van der Waals surface area contributed by atoms with Crippen LogP contribution in [0.1, 0.15) is 29.0 Å². The topological polar surface area (TPSA) is 63.5 Å². The highest BCUT2D eigenvalue weighted by molar-refractivity contribution is 7.10. The molecule has 0 aliphatic carbocycles. The summed E-state index contributed by atoms with van der Waals surface area (Å²) in [5.74, 6) is -0.283. The number of hydrogen-bond donors (Lipinski definition) is 1. The van der Waals surface area contributed by atoms with Crippen molar-refractivity contribution < 1.29 is 4.79 Å². The molecule has 0 spiro atoms. The maximum absolute atomic E-state index is 13.7. The molecule has 5 nitrogen and oxygen atoms in total. The standard InChI is InChI=1S/C26H19Cl2N3O2S2/c1-14-6-3-4-7-19(14)30-24(32)22-15(2)29-26-31(23(22)20-8-5-11-34-20)25(33)21(35-26)12-16-9-10-17(27)13-18(16)28/h3-13,23H,1-2H3,(H,30,32)/b21-12+. The van der Waals surface area contributed by atoms with Gasteiger partial charge in [-0.3, -0.25) is 14.2 Å². The smallest absolute Gasteiger partial charge is 0.271 e. The fourth-order valence-corrected chi connectivity index (χ4v) is 6.31. The molecule has 0 radical (unpaired) electrons. The van der Waals surface area contributed by atoms with E-state index in [1.807, 2.05) is 48.7 Å². The third kappa shape index (κ3) is 4.52. The van der Waals surface area contributed by atoms with E-state index in [1.54, 1.807) is 35.8 Å². The van der Waals surface area contributed by atoms with E-state index in [0.717, 1.165) is 16.1 Å². The van der Waals surface area contributed by atoms with Crippen LogP contribution in [0.15, 0.2) is 81.0 Å². The second kappa shape index (κ2) is 9.59. The first-order valence-electron chi connectivity index (χ1n) is 10.7. The molecule has 2 aromatic heterocycles. The lowest BCUT2D eigenvalue weighted by Gasteiger charge is -2.24. The summed E-state index contributed by atoms with van der Waals surface area (Å²) in [7, 11) is 0. The average Bonchev–Trinajstić information content (AvgIpc) is 3.45. The van der Waals surface area contributed by atoms with Gasteiger partial charge in [0.15, 0.2) is 4.80 Å². The van der Waals surface area contributed by atoms with Crippen LogP contribution in [0.25, 0.3) is 6.08 Å². The largest absolute Gasteiger partial charge is 0.322 e. The summed E-state index contributed by atoms with van der Waals surface area (Å²) in [6.07, 6.45) is 1.74. The summed E-state index contributed by atoms with van der Waals surface area (Å²) in [5, 5.41) is 5.92. The first-order valence-corrected chi connectivity index (χ1v) is 13.2. The Hall–Kier alpha value is -2.97. The first kappa shape index (κ1) is 23.8. The molecule has 1 unspecified atom stereocenters. The van der Waals surface area contributed by atoms with Gasteiger partial charge < -0.3 is 5.32 Å². The molecule has 4 aromatic rings. The minimum absolute atomic E-state index is 0.230. The van der Waals surface area contributed by atoms with E-state index in [-0.39, 0.29) is 11.5 Å². The van der Waals surface area contributed by atoms with Crippen LogP contribution < -0.4 is 20.2 Å². The van der Waals surface area contributed by atoms with Gasteiger partial charge in [-0.05, 0) is 60.7 Å². The van der Waals surface area contributed by atoms with E-state index in [4.69, 9.17) is 23.2 Å². The monoisotopic (exact) mass is 539 g/mol. The Balaban J connectivity index is 1.66. The Labute approximate surface area is 219 Å². The summed E-state index contributed by atoms with van der Waals surface area (Å²) in [4.78, 5) is 33.3. The number of aromatic nitrogens is 1. The van der Waals surface area contributed by atoms with Gasteiger partial charge in [0.05, 0.1) is 15.8 Å². The van der Waals surface area contributed by atoms with E-state index in [2.05, 4.69) is 10.3 Å². The number of fused-ring (bicyclic) bond motifs is 1. The van der Waals surface area contributed by atoms with Gasteiger partial charge >= 0.3 is 0 Å². The first-order chi connectivity index (χ1) is 16.8. The number of carbonyl (C=O) groups excluding carboxylic acids is 1. The summed E-state index contributed by atoms with van der Waals surface area (Å²) in [6, 6.07) is 16.0. The average molecular weight is 540 g/mol. The number of benzene rings is 2. The summed E-state index contributed by atoms with van der Waals surface area (Å²) in [6.45, 7) is 3.74. The van der Waals surface area contributed by atoms with E-state index in [0.29, 0.717) is 36.2 Å². The van der Waals surface area contributed by atoms with Crippen molar-refractivity contribution >= 4 is 63.5 Å². The van der Waals surface area contributed by atoms with E-state index < -0.39 is 6.04 Å². The molecule has 2 aromatic carbocycles. The maximum atomic E-state index is 13.7. The number of thiazole rings is 1. The number of nitrogens with one attached hydrogen (secondary N) is 1. The third-order valence-corrected chi connectivity index (χ3v) is 8.19. The molecule has 0 bridgehead atoms. The van der Waals surface area contributed by atoms with Crippen LogP contribution in [0.4, 0.5) is 5.69 Å². The van der Waals surface area contributed by atoms with Gasteiger partial charge in [0, 0.05) is 20.6 Å². The van der Waals surface area contributed by atoms with E-state index in [1.165, 1.54) is 22.7 Å². The van der Waals surface area contributed by atoms with Gasteiger partial charge in [-0.25, -0.2) is 4.99 Å². The highest BCUT2D eigenvalue weighted by atomic mass is 35.5. The van der Waals surface area contributed by atoms with Gasteiger partial charge in [-0.2, -0.15) is 0 Å². The van der Waals surface area contributed by atoms with Gasteiger partial charge in [-0.15, -0.1) is 11.3 Å². The molecule has 5 rings (SSSR count). The van der Waals surface area contributed by atoms with Crippen molar-refractivity contribution in [3.05, 3.63) is 117 Å². The number of amides is 1. The SMILES string of the molecule is CC1=C(C(=O)Nc2ccccc2C)C(c2cccs2)n2c(s/c(=C/c3ccc(Cl)cc3Cl)c2=O)=N1. The van der Waals surface area contributed by atoms with Crippen LogP contribution in [0, 0.1) is 6.92 Å². The summed E-state index contributed by atoms with van der Waals surface area (Å²) >= 11 is 15.1. The number of hydrogen-bond acceptors (Lipinski definition) is 5. The number of aryl methyl sites for hydroxylation is 1. The highest BCUT2D eigenvalue weighted by Gasteiger charge is 2.33. The molecule has 1 N–H and O–H groups in total. The minimum Gasteiger partial charge on any atom is -0.322 e. The fraction of sp³-hybridized carbons (Fsp3) is 0.115. The predicted molar refractivity (Wildman–Crippen MR) is 144 cm³/mol. The van der Waals surface area contributed by atoms with E-state index >= 15 is 0 Å². The third-order valence-electron chi connectivity index (χ3n) is 5.72. The van der Waals surface area contributed by atoms with Crippen LogP contribution >= 0.6 is 45.9 Å². The molecule has 176 valence electrons. The summed E-state index contributed by atoms with van der Waals surface area (Å²) < 4.78 is 2.08. The van der Waals surface area contributed by atoms with Gasteiger partial charge in [0.1, 0.15) is 6.04 Å². The van der Waals surface area contributed by atoms with Crippen molar-refractivity contribution in [2.45, 2.75) is 19.9 Å². The van der Waals surface area contributed by atoms with Crippen molar-refractivity contribution in [2.75, 3.05) is 5.32 Å². The zero-order chi connectivity index (χ0) is 24.7. The number of nitrogens with zero attached hydrogens (tertiary/aromatic N) is 2. The minimum atomic E-state index is -0.585. The number of allylic oxidation sites excluding steroid dienone is 1. The second-order valence-electron chi connectivity index (χ2n) is 8.03. The lowest BCUT2D eigenvalue weighted by molar-refractivity contribution is -0.113. The second-order valence-corrected chi connectivity index (χ2v) is 10.9. The van der Waals surface area contributed by atoms with Crippen LogP contribution in [-0.2, 0) is 4.79 Å². The number of anilines is 1. The number of thiophene rings is 1. The molecule has 0 fully saturated rings. The van der Waals surface area contributed by atoms with Gasteiger partial charge in [-0.1, -0.05) is 64.9 Å². The fourth-order valence-electron chi connectivity index (χ4n) is 3.99. The van der Waals surface area contributed by atoms with Crippen LogP contribution in [0.5, 0.6) is 0 Å². The van der Waals surface area contributed by atoms with Crippen LogP contribution in [0.3, 0.4) is 0 Å². The van der Waals surface area contributed by atoms with Crippen LogP contribution in [0.2, 0.25) is 10.0 Å². The lowest BCUT2D eigenvalue weighted by Crippen LogP contribution is -2.40. The Kier molecular flexibility index (Phi) is 6.51. The van der Waals surface area contributed by atoms with Crippen LogP contribution in [-0.4, -0.2) is 10.5 Å². The van der Waals surface area contributed by atoms with Crippen molar-refractivity contribution in [3.63, 3.8) is 0 Å². The van der Waals surface area contributed by atoms with E-state index in [9.17, 15) is 9.59 Å². The highest BCUT2D eigenvalue weighted by Crippen LogP contribution is 2.33. The number of halogens is 2. The Morgan fingerprint density at radius 1 is 1.11 bits per heavy atom. The Bertz CT molecular complexity index is 1670. The normalized spacial score (nSPS) is 15.7. The Morgan fingerprint density at radius 3 is 2.63 bits per heavy atom. The predicted octanol–water partition coefficient (Wildman–Crippen LogP) is 5.55. The molecule has 0 saturated carbocycles. The molecule has 1 atom stereocenters. The molecule has 35 heavy (non-hydrogen) atoms. The lowest BCUT2D eigenvalue weighted by atomic mass is 10.0. The van der Waals surface area contributed by atoms with Crippen molar-refractivity contribution in [3.8, 4) is 0 Å². The molecule has 3 heterocycles. The molecule has 9 heteroatoms. The number of carbonyl (C=O) groups is 1. The quantitative estimate of drug-likeness (QED) is 0.369. The van der Waals surface area contributed by atoms with Gasteiger partial charge in [0.2, 0.25) is 0 Å². The van der Waals surface area contributed by atoms with Crippen molar-refractivity contribution in [1.82, 2.24) is 4.57 Å². The molecular weight excluding hydrogens is 521 g/mol. The molecule has 1 aliphatic rings. The van der Waals surface area contributed by atoms with Crippen molar-refractivity contribution in [1.29, 1.82) is 0 Å². The number of rotatable bonds is 4. The zero-order valence-electron chi connectivity index (χ0n) is 18.7. The summed E-state index contributed by atoms with van der Waals surface area (Å²) in [5.41, 5.74) is 3.14. The molecule has 1 amide bonds. The number of para-hydroxylation sites is 1. The zero-order valence-corrected chi connectivity index (χ0v) is 21.9. The molecule has 0 saturated heterocycles. The molecule has 1 aliphatic heterocycles. The van der Waals surface area contributed by atoms with Crippen molar-refractivity contribution in [2.24, 2.45) is 4.99 Å².